The fraction of sp³-hybridized carbons (Fsp3) is 0.925. The molecular weight excluding hydrogens is 1810 g/mol. The molecule has 0 aromatic rings. The number of carbonyl (C=O) groups excluding carboxylic acids is 4. The zero-order chi connectivity index (χ0) is 101. The summed E-state index contributed by atoms with van der Waals surface area (Å²) in [6.07, 6.45) is -28.9. The average Bonchev–Trinajstić information content (AvgIpc) is 0.741. The van der Waals surface area contributed by atoms with Crippen LogP contribution in [0.4, 0.5) is 0 Å². The maximum Gasteiger partial charge on any atom is 0.364 e. The monoisotopic (exact) mass is 1980 g/mol. The predicted molar refractivity (Wildman–Crippen MR) is 482 cm³/mol. The first-order valence-corrected chi connectivity index (χ1v) is 50.0. The zero-order valence-electron chi connectivity index (χ0n) is 80.4. The molecule has 7 fully saturated rings. The van der Waals surface area contributed by atoms with Gasteiger partial charge < -0.3 is 195 Å². The molecule has 0 aromatic heterocycles. The standard InChI is InChI=1S/C93H166N4O40/c1-7-9-11-13-15-17-19-21-22-23-24-25-26-27-28-30-32-34-36-38-40-42-64(110)97-55(56(107)41-39-37-35-33-31-29-20-18-16-14-12-10-8-2)50-124-88-76(119)74(117)79(62(48-102)129-88)131-91-78(121)85(137-93(92(122)123)43-57(108)65(94-52(4)104)83(136-93)69(112)58(109)44-98)80(63(49-103)130-91)132-86-66(95-53(5)105)82(71(114)59(45-99)126-86)134-90-77(120)84(72(115)61(47-101)128-90)135-87-67(96-54(6)106)81(70(113)60(46-100)127-87)133-89-75(118)73(116)68(111)51(3)125-89/h39,41,51,55-63,65-91,98-103,107-109,111-121H,7-38,40,42-50H2,1-6H3,(H,94,104)(H,95,105)(H,96,106)(H,97,110)(H,122,123)/b41-39+/t51?,55-,56+,57?,58+,59?,60?,61?,62?,63?,65+,66?,67?,68+,69+,70-,71-,72-,73?,74+,75-,76?,77?,78?,79+,80-,81+,82+,83?,84-,85+,86-,87-,88+,89+,90-,91-,93-/m0/s1. The molecule has 0 spiro atoms. The number of aliphatic carboxylic acids is 1. The van der Waals surface area contributed by atoms with E-state index >= 15 is 0 Å². The number of carboxylic acid groups (broad SMARTS) is 1. The number of ether oxygens (including phenoxy) is 14. The molecule has 7 aliphatic rings. The van der Waals surface area contributed by atoms with Gasteiger partial charge in [0.1, 0.15) is 159 Å². The summed E-state index contributed by atoms with van der Waals surface area (Å²) >= 11 is 0. The van der Waals surface area contributed by atoms with Crippen LogP contribution in [0.1, 0.15) is 266 Å². The van der Waals surface area contributed by atoms with Crippen LogP contribution in [-0.4, -0.2) is 416 Å². The van der Waals surface area contributed by atoms with Crippen LogP contribution in [0.5, 0.6) is 0 Å². The molecule has 44 nitrogen and oxygen atoms in total. The number of aliphatic hydroxyl groups is 20. The SMILES string of the molecule is CCCCCCCCCCCCC/C=C/[C@@H](O)[C@H](CO[C@@H]1OC(CO)[C@@H](O[C@@H]2OC(CO)[C@H](O[C@@H]3OC(CO)[C@H](O)[C@H](O[C@@H]4OC(CO)[C@H](O)[C@H](O[C@@H]5OC(CO)[C@H](O)[C@H](O[C@H]6OC(C)[C@@H](O)C(O)[C@@H]6O)C5NC(C)=O)C4O)C3NC(C)=O)[C@H](O[C@]3(C(=O)O)CC(O)[C@@H](NC(C)=O)C([C@H](O)[C@H](O)CO)O3)C2O)[C@H](O)C1O)NC(=O)CCCCCCCCCCCCCCCCCCCCCCC. The second-order valence-electron chi connectivity index (χ2n) is 37.7. The van der Waals surface area contributed by atoms with E-state index in [1.807, 2.05) is 0 Å². The van der Waals surface area contributed by atoms with Gasteiger partial charge >= 0.3 is 5.97 Å². The normalized spacial score (nSPS) is 36.4. The summed E-state index contributed by atoms with van der Waals surface area (Å²) in [4.78, 5) is 67.2. The van der Waals surface area contributed by atoms with Crippen molar-refractivity contribution in [3.8, 4) is 0 Å². The van der Waals surface area contributed by atoms with Gasteiger partial charge in [0.25, 0.3) is 5.79 Å². The molecule has 7 rings (SSSR count). The highest BCUT2D eigenvalue weighted by Gasteiger charge is 2.63. The Morgan fingerprint density at radius 3 is 1.20 bits per heavy atom. The van der Waals surface area contributed by atoms with Gasteiger partial charge in [0, 0.05) is 33.6 Å². The minimum Gasteiger partial charge on any atom is -0.477 e. The van der Waals surface area contributed by atoms with Crippen LogP contribution in [-0.2, 0) is 90.3 Å². The number of hydrogen-bond donors (Lipinski definition) is 25. The number of unbranched alkanes of at least 4 members (excludes halogenated alkanes) is 31. The maximum absolute atomic E-state index is 14.1. The third-order valence-electron chi connectivity index (χ3n) is 26.7. The lowest BCUT2D eigenvalue weighted by Gasteiger charge is -2.53. The van der Waals surface area contributed by atoms with Crippen molar-refractivity contribution in [1.82, 2.24) is 21.3 Å². The number of allylic oxidation sites excluding steroid dienone is 1. The number of carbonyl (C=O) groups is 5. The van der Waals surface area contributed by atoms with Crippen molar-refractivity contribution >= 4 is 29.6 Å². The number of nitrogens with one attached hydrogen (secondary N) is 4. The lowest BCUT2D eigenvalue weighted by atomic mass is 9.88. The summed E-state index contributed by atoms with van der Waals surface area (Å²) in [5.41, 5.74) is 0. The molecule has 7 aliphatic heterocycles. The predicted octanol–water partition coefficient (Wildman–Crippen LogP) is -1.88. The van der Waals surface area contributed by atoms with E-state index in [4.69, 9.17) is 66.3 Å². The van der Waals surface area contributed by atoms with Gasteiger partial charge in [-0.3, -0.25) is 19.2 Å². The van der Waals surface area contributed by atoms with E-state index in [1.54, 1.807) is 6.08 Å². The van der Waals surface area contributed by atoms with Gasteiger partial charge in [0.15, 0.2) is 37.7 Å². The Morgan fingerprint density at radius 2 is 0.759 bits per heavy atom. The average molecular weight is 1980 g/mol. The van der Waals surface area contributed by atoms with Crippen molar-refractivity contribution in [3.05, 3.63) is 12.2 Å². The Balaban J connectivity index is 1.12. The molecule has 0 bridgehead atoms. The molecule has 25 N–H and O–H groups in total. The van der Waals surface area contributed by atoms with E-state index in [0.717, 1.165) is 85.0 Å². The van der Waals surface area contributed by atoms with Gasteiger partial charge in [-0.1, -0.05) is 219 Å². The first-order valence-electron chi connectivity index (χ1n) is 50.0. The van der Waals surface area contributed by atoms with Crippen molar-refractivity contribution in [2.45, 2.75) is 499 Å². The van der Waals surface area contributed by atoms with E-state index in [1.165, 1.54) is 148 Å². The number of aliphatic hydroxyl groups excluding tert-OH is 20. The Kier molecular flexibility index (Phi) is 54.6. The first kappa shape index (κ1) is 120. The Bertz CT molecular complexity index is 3390. The third kappa shape index (κ3) is 36.1. The minimum absolute atomic E-state index is 0.101. The molecule has 44 heteroatoms. The Morgan fingerprint density at radius 1 is 0.394 bits per heavy atom. The maximum atomic E-state index is 14.1. The van der Waals surface area contributed by atoms with E-state index in [0.29, 0.717) is 12.8 Å². The second kappa shape index (κ2) is 62.5. The molecular formula is C93H166N4O40. The topological polar surface area (TPSA) is 688 Å². The van der Waals surface area contributed by atoms with E-state index in [9.17, 15) is 131 Å². The molecule has 137 heavy (non-hydrogen) atoms. The minimum atomic E-state index is -3.48. The van der Waals surface area contributed by atoms with Crippen LogP contribution < -0.4 is 21.3 Å². The summed E-state index contributed by atoms with van der Waals surface area (Å²) in [5.74, 6) is -8.93. The van der Waals surface area contributed by atoms with Gasteiger partial charge in [-0.25, -0.2) is 4.79 Å². The lowest BCUT2D eigenvalue weighted by molar-refractivity contribution is -0.404. The number of carboxylic acids is 1. The lowest BCUT2D eigenvalue weighted by Crippen LogP contribution is -2.72. The summed E-state index contributed by atoms with van der Waals surface area (Å²) in [6.45, 7) is 0.922. The molecule has 798 valence electrons. The van der Waals surface area contributed by atoms with Gasteiger partial charge in [-0.05, 0) is 26.2 Å². The fourth-order valence-electron chi connectivity index (χ4n) is 18.7. The smallest absolute Gasteiger partial charge is 0.364 e. The number of rotatable bonds is 64. The van der Waals surface area contributed by atoms with Crippen LogP contribution in [0.2, 0.25) is 0 Å². The van der Waals surface area contributed by atoms with Crippen LogP contribution in [0.25, 0.3) is 0 Å². The Labute approximate surface area is 802 Å². The van der Waals surface area contributed by atoms with E-state index in [2.05, 4.69) is 35.1 Å². The van der Waals surface area contributed by atoms with Crippen molar-refractivity contribution in [1.29, 1.82) is 0 Å². The molecule has 38 atom stereocenters. The summed E-state index contributed by atoms with van der Waals surface area (Å²) in [5, 5.41) is 249. The van der Waals surface area contributed by atoms with Crippen molar-refractivity contribution in [2.75, 3.05) is 46.2 Å². The van der Waals surface area contributed by atoms with Crippen molar-refractivity contribution < 1.29 is 198 Å². The molecule has 4 amide bonds. The third-order valence-corrected chi connectivity index (χ3v) is 26.7. The van der Waals surface area contributed by atoms with Crippen LogP contribution >= 0.6 is 0 Å². The van der Waals surface area contributed by atoms with E-state index in [-0.39, 0.29) is 6.42 Å². The summed E-state index contributed by atoms with van der Waals surface area (Å²) in [6, 6.07) is -6.92. The van der Waals surface area contributed by atoms with Crippen molar-refractivity contribution in [2.24, 2.45) is 0 Å². The highest BCUT2D eigenvalue weighted by Crippen LogP contribution is 2.43. The zero-order valence-corrected chi connectivity index (χ0v) is 80.4. The molecule has 7 heterocycles. The molecule has 0 aliphatic carbocycles. The highest BCUT2D eigenvalue weighted by atomic mass is 16.8. The number of hydrogen-bond acceptors (Lipinski definition) is 39. The van der Waals surface area contributed by atoms with E-state index < -0.39 is 315 Å². The van der Waals surface area contributed by atoms with Gasteiger partial charge in [-0.15, -0.1) is 0 Å². The molecule has 7 saturated heterocycles. The molecule has 14 unspecified atom stereocenters. The molecule has 0 saturated carbocycles. The first-order chi connectivity index (χ1) is 65.6. The van der Waals surface area contributed by atoms with Gasteiger partial charge in [0.05, 0.1) is 76.6 Å². The quantitative estimate of drug-likeness (QED) is 0.0234. The molecule has 0 radical (unpaired) electrons. The highest BCUT2D eigenvalue weighted by molar-refractivity contribution is 5.77. The van der Waals surface area contributed by atoms with Gasteiger partial charge in [-0.2, -0.15) is 0 Å². The fourth-order valence-corrected chi connectivity index (χ4v) is 18.7. The Hall–Kier alpha value is -4.27. The second-order valence-corrected chi connectivity index (χ2v) is 37.7. The van der Waals surface area contributed by atoms with Crippen molar-refractivity contribution in [3.63, 3.8) is 0 Å². The van der Waals surface area contributed by atoms with Crippen LogP contribution in [0, 0.1) is 0 Å². The van der Waals surface area contributed by atoms with Crippen LogP contribution in [0.3, 0.4) is 0 Å². The summed E-state index contributed by atoms with van der Waals surface area (Å²) < 4.78 is 85.1. The molecule has 0 aromatic carbocycles. The largest absolute Gasteiger partial charge is 0.477 e. The van der Waals surface area contributed by atoms with Gasteiger partial charge in [0.2, 0.25) is 23.6 Å². The van der Waals surface area contributed by atoms with Crippen LogP contribution in [0.15, 0.2) is 12.2 Å². The number of amides is 4. The summed E-state index contributed by atoms with van der Waals surface area (Å²) in [7, 11) is 0.